The van der Waals surface area contributed by atoms with Crippen LogP contribution in [0.3, 0.4) is 0 Å². The van der Waals surface area contributed by atoms with Gasteiger partial charge in [0, 0.05) is 24.7 Å². The summed E-state index contributed by atoms with van der Waals surface area (Å²) in [6.45, 7) is 4.95. The molecule has 1 unspecified atom stereocenters. The zero-order valence-electron chi connectivity index (χ0n) is 17.9. The van der Waals surface area contributed by atoms with Crippen molar-refractivity contribution < 1.29 is 17.9 Å². The fourth-order valence-corrected chi connectivity index (χ4v) is 5.36. The van der Waals surface area contributed by atoms with Crippen LogP contribution in [-0.4, -0.2) is 37.8 Å². The van der Waals surface area contributed by atoms with Crippen LogP contribution in [0.25, 0.3) is 0 Å². The largest absolute Gasteiger partial charge is 0.491 e. The van der Waals surface area contributed by atoms with Crippen LogP contribution in [-0.2, 0) is 27.1 Å². The van der Waals surface area contributed by atoms with Crippen molar-refractivity contribution in [2.24, 2.45) is 5.92 Å². The third kappa shape index (κ3) is 6.95. The smallest absolute Gasteiger partial charge is 0.224 e. The first kappa shape index (κ1) is 23.6. The van der Waals surface area contributed by atoms with Crippen molar-refractivity contribution in [3.05, 3.63) is 64.7 Å². The Morgan fingerprint density at radius 2 is 1.94 bits per heavy atom. The van der Waals surface area contributed by atoms with E-state index in [0.29, 0.717) is 36.5 Å². The van der Waals surface area contributed by atoms with Gasteiger partial charge in [-0.2, -0.15) is 0 Å². The molecule has 1 aliphatic heterocycles. The second-order valence-electron chi connectivity index (χ2n) is 8.11. The molecule has 168 valence electrons. The average Bonchev–Trinajstić information content (AvgIpc) is 2.73. The van der Waals surface area contributed by atoms with Crippen LogP contribution < -0.4 is 10.1 Å². The lowest BCUT2D eigenvalue weighted by Crippen LogP contribution is -2.45. The number of hydrogen-bond donors (Lipinski definition) is 1. The lowest BCUT2D eigenvalue weighted by Gasteiger charge is -2.31. The maximum Gasteiger partial charge on any atom is 0.224 e. The quantitative estimate of drug-likeness (QED) is 0.641. The van der Waals surface area contributed by atoms with Crippen molar-refractivity contribution in [3.63, 3.8) is 0 Å². The number of halogens is 1. The van der Waals surface area contributed by atoms with E-state index in [4.69, 9.17) is 16.3 Å². The Morgan fingerprint density at radius 3 is 2.65 bits per heavy atom. The molecule has 1 atom stereocenters. The Labute approximate surface area is 189 Å². The molecular formula is C23H29ClN2O4S. The SMILES string of the molecule is CC(C)Oc1cccc(CNC(=O)C2CCCN(S(=O)(=O)Cc3ccc(Cl)cc3)C2)c1. The highest BCUT2D eigenvalue weighted by Gasteiger charge is 2.32. The number of ether oxygens (including phenoxy) is 1. The van der Waals surface area contributed by atoms with E-state index in [1.807, 2.05) is 38.1 Å². The summed E-state index contributed by atoms with van der Waals surface area (Å²) in [7, 11) is -3.51. The first-order chi connectivity index (χ1) is 14.7. The van der Waals surface area contributed by atoms with Gasteiger partial charge in [0.05, 0.1) is 17.8 Å². The predicted octanol–water partition coefficient (Wildman–Crippen LogP) is 3.99. The Balaban J connectivity index is 1.57. The highest BCUT2D eigenvalue weighted by atomic mass is 35.5. The van der Waals surface area contributed by atoms with Crippen LogP contribution in [0.5, 0.6) is 5.75 Å². The van der Waals surface area contributed by atoms with Crippen molar-refractivity contribution >= 4 is 27.5 Å². The lowest BCUT2D eigenvalue weighted by atomic mass is 9.99. The number of rotatable bonds is 8. The number of nitrogens with one attached hydrogen (secondary N) is 1. The molecule has 8 heteroatoms. The molecule has 0 aliphatic carbocycles. The molecule has 31 heavy (non-hydrogen) atoms. The molecule has 1 amide bonds. The van der Waals surface area contributed by atoms with Gasteiger partial charge >= 0.3 is 0 Å². The standard InChI is InChI=1S/C23H29ClN2O4S/c1-17(2)30-22-7-3-5-19(13-22)14-25-23(27)20-6-4-12-26(15-20)31(28,29)16-18-8-10-21(24)11-9-18/h3,5,7-11,13,17,20H,4,6,12,14-16H2,1-2H3,(H,25,27). The van der Waals surface area contributed by atoms with E-state index in [0.717, 1.165) is 11.3 Å². The zero-order chi connectivity index (χ0) is 22.4. The second-order valence-corrected chi connectivity index (χ2v) is 10.5. The molecule has 0 aromatic heterocycles. The summed E-state index contributed by atoms with van der Waals surface area (Å²) in [4.78, 5) is 12.7. The summed E-state index contributed by atoms with van der Waals surface area (Å²) < 4.78 is 32.8. The molecule has 0 radical (unpaired) electrons. The van der Waals surface area contributed by atoms with E-state index < -0.39 is 10.0 Å². The number of piperidine rings is 1. The Kier molecular flexibility index (Phi) is 7.97. The van der Waals surface area contributed by atoms with Gasteiger partial charge in [0.2, 0.25) is 15.9 Å². The van der Waals surface area contributed by atoms with Gasteiger partial charge in [-0.25, -0.2) is 12.7 Å². The number of carbonyl (C=O) groups excluding carboxylic acids is 1. The third-order valence-corrected chi connectivity index (χ3v) is 7.22. The molecule has 3 rings (SSSR count). The van der Waals surface area contributed by atoms with Crippen LogP contribution in [0.1, 0.15) is 37.8 Å². The fourth-order valence-electron chi connectivity index (χ4n) is 3.63. The van der Waals surface area contributed by atoms with E-state index >= 15 is 0 Å². The normalized spacial score (nSPS) is 17.5. The number of hydrogen-bond acceptors (Lipinski definition) is 4. The molecular weight excluding hydrogens is 436 g/mol. The molecule has 1 fully saturated rings. The molecule has 2 aromatic carbocycles. The molecule has 0 saturated carbocycles. The zero-order valence-corrected chi connectivity index (χ0v) is 19.5. The minimum atomic E-state index is -3.51. The first-order valence-electron chi connectivity index (χ1n) is 10.5. The topological polar surface area (TPSA) is 75.7 Å². The molecule has 1 aliphatic rings. The molecule has 1 heterocycles. The molecule has 1 N–H and O–H groups in total. The van der Waals surface area contributed by atoms with Crippen molar-refractivity contribution in [3.8, 4) is 5.75 Å². The maximum atomic E-state index is 12.9. The van der Waals surface area contributed by atoms with Gasteiger partial charge < -0.3 is 10.1 Å². The molecule has 2 aromatic rings. The van der Waals surface area contributed by atoms with E-state index in [1.54, 1.807) is 24.3 Å². The van der Waals surface area contributed by atoms with Gasteiger partial charge in [-0.15, -0.1) is 0 Å². The number of amides is 1. The lowest BCUT2D eigenvalue weighted by molar-refractivity contribution is -0.126. The van der Waals surface area contributed by atoms with Gasteiger partial charge in [0.25, 0.3) is 0 Å². The predicted molar refractivity (Wildman–Crippen MR) is 122 cm³/mol. The van der Waals surface area contributed by atoms with Gasteiger partial charge in [-0.05, 0) is 62.1 Å². The van der Waals surface area contributed by atoms with Crippen LogP contribution in [0.2, 0.25) is 5.02 Å². The van der Waals surface area contributed by atoms with Gasteiger partial charge in [-0.1, -0.05) is 35.9 Å². The van der Waals surface area contributed by atoms with Gasteiger partial charge in [-0.3, -0.25) is 4.79 Å². The fraction of sp³-hybridized carbons (Fsp3) is 0.435. The number of sulfonamides is 1. The highest BCUT2D eigenvalue weighted by molar-refractivity contribution is 7.88. The van der Waals surface area contributed by atoms with E-state index in [9.17, 15) is 13.2 Å². The Bertz CT molecular complexity index is 993. The first-order valence-corrected chi connectivity index (χ1v) is 12.5. The van der Waals surface area contributed by atoms with E-state index in [-0.39, 0.29) is 30.2 Å². The summed E-state index contributed by atoms with van der Waals surface area (Å²) in [5.41, 5.74) is 1.62. The number of carbonyl (C=O) groups is 1. The number of benzene rings is 2. The highest BCUT2D eigenvalue weighted by Crippen LogP contribution is 2.23. The average molecular weight is 465 g/mol. The molecule has 0 spiro atoms. The summed E-state index contributed by atoms with van der Waals surface area (Å²) in [5.74, 6) is 0.186. The minimum Gasteiger partial charge on any atom is -0.491 e. The van der Waals surface area contributed by atoms with Gasteiger partial charge in [0.15, 0.2) is 0 Å². The third-order valence-electron chi connectivity index (χ3n) is 5.15. The summed E-state index contributed by atoms with van der Waals surface area (Å²) in [6, 6.07) is 14.4. The van der Waals surface area contributed by atoms with Gasteiger partial charge in [0.1, 0.15) is 5.75 Å². The van der Waals surface area contributed by atoms with Crippen molar-refractivity contribution in [1.29, 1.82) is 0 Å². The minimum absolute atomic E-state index is 0.0767. The molecule has 6 nitrogen and oxygen atoms in total. The van der Waals surface area contributed by atoms with Crippen LogP contribution in [0.15, 0.2) is 48.5 Å². The number of nitrogens with zero attached hydrogens (tertiary/aromatic N) is 1. The van der Waals surface area contributed by atoms with Crippen molar-refractivity contribution in [2.75, 3.05) is 13.1 Å². The van der Waals surface area contributed by atoms with E-state index in [2.05, 4.69) is 5.32 Å². The summed E-state index contributed by atoms with van der Waals surface area (Å²) in [5, 5.41) is 3.51. The maximum absolute atomic E-state index is 12.9. The van der Waals surface area contributed by atoms with Crippen LogP contribution in [0.4, 0.5) is 0 Å². The molecule has 1 saturated heterocycles. The monoisotopic (exact) mass is 464 g/mol. The Hall–Kier alpha value is -2.09. The molecule has 0 bridgehead atoms. The van der Waals surface area contributed by atoms with Crippen molar-refractivity contribution in [2.45, 2.75) is 45.1 Å². The summed E-state index contributed by atoms with van der Waals surface area (Å²) in [6.07, 6.45) is 1.41. The summed E-state index contributed by atoms with van der Waals surface area (Å²) >= 11 is 5.88. The van der Waals surface area contributed by atoms with E-state index in [1.165, 1.54) is 4.31 Å². The Morgan fingerprint density at radius 1 is 1.19 bits per heavy atom. The van der Waals surface area contributed by atoms with Crippen molar-refractivity contribution in [1.82, 2.24) is 9.62 Å². The second kappa shape index (κ2) is 10.5. The van der Waals surface area contributed by atoms with Crippen LogP contribution >= 0.6 is 11.6 Å². The van der Waals surface area contributed by atoms with Crippen LogP contribution in [0, 0.1) is 5.92 Å².